The van der Waals surface area contributed by atoms with Crippen molar-refractivity contribution in [2.75, 3.05) is 20.2 Å². The van der Waals surface area contributed by atoms with E-state index < -0.39 is 6.10 Å². The van der Waals surface area contributed by atoms with Gasteiger partial charge in [0.05, 0.1) is 25.7 Å². The van der Waals surface area contributed by atoms with E-state index in [1.54, 1.807) is 13.3 Å². The van der Waals surface area contributed by atoms with E-state index in [1.165, 1.54) is 0 Å². The first-order chi connectivity index (χ1) is 12.1. The van der Waals surface area contributed by atoms with Crippen LogP contribution < -0.4 is 4.74 Å². The fraction of sp³-hybridized carbons (Fsp3) is 0.450. The highest BCUT2D eigenvalue weighted by molar-refractivity contribution is 5.83. The van der Waals surface area contributed by atoms with Crippen LogP contribution in [0.25, 0.3) is 10.9 Å². The van der Waals surface area contributed by atoms with Crippen LogP contribution in [-0.4, -0.2) is 41.0 Å². The van der Waals surface area contributed by atoms with Crippen molar-refractivity contribution in [3.05, 3.63) is 53.9 Å². The third-order valence-electron chi connectivity index (χ3n) is 6.12. The first-order valence-electron chi connectivity index (χ1n) is 8.87. The van der Waals surface area contributed by atoms with Crippen molar-refractivity contribution in [3.8, 4) is 5.75 Å². The molecule has 0 amide bonds. The molecule has 3 aliphatic heterocycles. The predicted octanol–water partition coefficient (Wildman–Crippen LogP) is 3.19. The molecule has 25 heavy (non-hydrogen) atoms. The summed E-state index contributed by atoms with van der Waals surface area (Å²) in [6.07, 6.45) is 4.49. The number of aliphatic hydroxyl groups is 1. The summed E-state index contributed by atoms with van der Waals surface area (Å²) in [5.74, 6) is 1.44. The van der Waals surface area contributed by atoms with Crippen molar-refractivity contribution < 1.29 is 14.5 Å². The van der Waals surface area contributed by atoms with Gasteiger partial charge in [-0.15, -0.1) is 6.58 Å². The number of rotatable bonds is 4. The SMILES string of the molecule is C=C[C@H]1C[N@@+]2([O-])CC[C@H]1C[C@@H]2[C@@H](O)c1ccnc2ccc(OC)cc12. The highest BCUT2D eigenvalue weighted by Gasteiger charge is 2.49. The highest BCUT2D eigenvalue weighted by Crippen LogP contribution is 2.46. The molecule has 0 spiro atoms. The number of ether oxygens (including phenoxy) is 1. The van der Waals surface area contributed by atoms with Crippen LogP contribution in [0.2, 0.25) is 0 Å². The number of nitrogens with zero attached hydrogens (tertiary/aromatic N) is 2. The van der Waals surface area contributed by atoms with Crippen LogP contribution in [0.15, 0.2) is 43.1 Å². The smallest absolute Gasteiger partial charge is 0.132 e. The molecular formula is C20H24N2O3. The number of hydrogen-bond acceptors (Lipinski definition) is 4. The fourth-order valence-corrected chi connectivity index (χ4v) is 4.68. The molecule has 0 aliphatic carbocycles. The monoisotopic (exact) mass is 340 g/mol. The Morgan fingerprint density at radius 2 is 2.28 bits per heavy atom. The van der Waals surface area contributed by atoms with E-state index in [0.717, 1.165) is 35.1 Å². The van der Waals surface area contributed by atoms with Crippen molar-refractivity contribution in [1.82, 2.24) is 4.98 Å². The Morgan fingerprint density at radius 3 is 3.00 bits per heavy atom. The van der Waals surface area contributed by atoms with Gasteiger partial charge in [-0.3, -0.25) is 4.98 Å². The largest absolute Gasteiger partial charge is 0.632 e. The van der Waals surface area contributed by atoms with Crippen molar-refractivity contribution in [2.24, 2.45) is 11.8 Å². The summed E-state index contributed by atoms with van der Waals surface area (Å²) >= 11 is 0. The van der Waals surface area contributed by atoms with Gasteiger partial charge < -0.3 is 19.7 Å². The minimum Gasteiger partial charge on any atom is -0.632 e. The number of benzene rings is 1. The van der Waals surface area contributed by atoms with Crippen molar-refractivity contribution in [1.29, 1.82) is 0 Å². The maximum absolute atomic E-state index is 13.4. The lowest BCUT2D eigenvalue weighted by Crippen LogP contribution is -2.64. The molecule has 1 aromatic heterocycles. The molecule has 0 saturated carbocycles. The van der Waals surface area contributed by atoms with Gasteiger partial charge in [-0.05, 0) is 35.7 Å². The molecule has 4 heterocycles. The van der Waals surface area contributed by atoms with E-state index in [1.807, 2.05) is 30.3 Å². The van der Waals surface area contributed by atoms with Crippen LogP contribution in [0, 0.1) is 17.0 Å². The zero-order chi connectivity index (χ0) is 17.6. The van der Waals surface area contributed by atoms with Gasteiger partial charge in [0.25, 0.3) is 0 Å². The number of aromatic nitrogens is 1. The van der Waals surface area contributed by atoms with E-state index >= 15 is 0 Å². The molecular weight excluding hydrogens is 316 g/mol. The van der Waals surface area contributed by atoms with E-state index in [2.05, 4.69) is 11.6 Å². The van der Waals surface area contributed by atoms with E-state index in [4.69, 9.17) is 4.74 Å². The molecule has 1 N–H and O–H groups in total. The molecule has 0 radical (unpaired) electrons. The molecule has 3 fully saturated rings. The summed E-state index contributed by atoms with van der Waals surface area (Å²) in [5, 5.41) is 25.4. The van der Waals surface area contributed by atoms with Crippen molar-refractivity contribution in [3.63, 3.8) is 0 Å². The average molecular weight is 340 g/mol. The molecule has 5 rings (SSSR count). The average Bonchev–Trinajstić information content (AvgIpc) is 2.66. The van der Waals surface area contributed by atoms with Crippen molar-refractivity contribution >= 4 is 10.9 Å². The Bertz CT molecular complexity index is 809. The van der Waals surface area contributed by atoms with Crippen LogP contribution in [-0.2, 0) is 0 Å². The number of hydroxylamine groups is 3. The molecule has 0 unspecified atom stereocenters. The van der Waals surface area contributed by atoms with E-state index in [9.17, 15) is 10.3 Å². The third-order valence-corrected chi connectivity index (χ3v) is 6.12. The number of quaternary nitrogens is 1. The Kier molecular flexibility index (Phi) is 4.02. The lowest BCUT2D eigenvalue weighted by Gasteiger charge is -2.61. The minimum absolute atomic E-state index is 0.268. The van der Waals surface area contributed by atoms with Crippen LogP contribution >= 0.6 is 0 Å². The topological polar surface area (TPSA) is 65.4 Å². The van der Waals surface area contributed by atoms with Crippen LogP contribution in [0.5, 0.6) is 5.75 Å². The second-order valence-electron chi connectivity index (χ2n) is 7.34. The van der Waals surface area contributed by atoms with Crippen LogP contribution in [0.1, 0.15) is 24.5 Å². The van der Waals surface area contributed by atoms with Gasteiger partial charge in [0, 0.05) is 30.3 Å². The molecule has 1 aromatic carbocycles. The van der Waals surface area contributed by atoms with Crippen LogP contribution in [0.3, 0.4) is 0 Å². The number of methoxy groups -OCH3 is 1. The molecule has 2 bridgehead atoms. The summed E-state index contributed by atoms with van der Waals surface area (Å²) in [7, 11) is 1.62. The first kappa shape index (κ1) is 16.5. The number of pyridine rings is 1. The predicted molar refractivity (Wildman–Crippen MR) is 96.8 cm³/mol. The van der Waals surface area contributed by atoms with Gasteiger partial charge in [-0.25, -0.2) is 0 Å². The second kappa shape index (κ2) is 6.09. The summed E-state index contributed by atoms with van der Waals surface area (Å²) in [6.45, 7) is 5.01. The van der Waals surface area contributed by atoms with E-state index in [-0.39, 0.29) is 16.6 Å². The van der Waals surface area contributed by atoms with Crippen molar-refractivity contribution in [2.45, 2.75) is 25.0 Å². The molecule has 5 nitrogen and oxygen atoms in total. The standard InChI is InChI=1S/C20H24N2O3/c1-3-13-12-22(24)9-7-14(13)10-19(22)20(23)16-6-8-21-18-5-4-15(25-2)11-17(16)18/h3-6,8,11,13-14,19-20,23H,1,7,9-10,12H2,2H3/t13-,14-,19+,20-,22-/m0/s1. The summed E-state index contributed by atoms with van der Waals surface area (Å²) < 4.78 is 5.00. The molecule has 3 saturated heterocycles. The zero-order valence-corrected chi connectivity index (χ0v) is 14.5. The highest BCUT2D eigenvalue weighted by atomic mass is 16.6. The van der Waals surface area contributed by atoms with Gasteiger partial charge in [0.1, 0.15) is 17.9 Å². The quantitative estimate of drug-likeness (QED) is 0.527. The first-order valence-corrected chi connectivity index (χ1v) is 8.87. The molecule has 3 aliphatic rings. The third kappa shape index (κ3) is 2.63. The minimum atomic E-state index is -0.802. The normalized spacial score (nSPS) is 32.5. The zero-order valence-electron chi connectivity index (χ0n) is 14.5. The van der Waals surface area contributed by atoms with Gasteiger partial charge >= 0.3 is 0 Å². The Balaban J connectivity index is 1.73. The number of aliphatic hydroxyl groups excluding tert-OH is 1. The summed E-state index contributed by atoms with van der Waals surface area (Å²) in [6, 6.07) is 7.12. The van der Waals surface area contributed by atoms with E-state index in [0.29, 0.717) is 19.0 Å². The number of piperidine rings is 3. The Hall–Kier alpha value is -1.95. The lowest BCUT2D eigenvalue weighted by atomic mass is 9.73. The maximum atomic E-state index is 13.4. The number of hydrogen-bond donors (Lipinski definition) is 1. The fourth-order valence-electron chi connectivity index (χ4n) is 4.68. The Labute approximate surface area is 147 Å². The number of fused-ring (bicyclic) bond motifs is 4. The van der Waals surface area contributed by atoms with Gasteiger partial charge in [0.2, 0.25) is 0 Å². The molecule has 5 atom stereocenters. The second-order valence-corrected chi connectivity index (χ2v) is 7.34. The van der Waals surface area contributed by atoms with Crippen LogP contribution in [0.4, 0.5) is 0 Å². The summed E-state index contributed by atoms with van der Waals surface area (Å²) in [4.78, 5) is 4.37. The van der Waals surface area contributed by atoms with Gasteiger partial charge in [0.15, 0.2) is 0 Å². The molecule has 2 aromatic rings. The molecule has 132 valence electrons. The Morgan fingerprint density at radius 1 is 1.44 bits per heavy atom. The van der Waals surface area contributed by atoms with Gasteiger partial charge in [-0.2, -0.15) is 0 Å². The summed E-state index contributed by atoms with van der Waals surface area (Å²) in [5.41, 5.74) is 1.57. The molecule has 5 heteroatoms. The maximum Gasteiger partial charge on any atom is 0.132 e. The van der Waals surface area contributed by atoms with Gasteiger partial charge in [-0.1, -0.05) is 6.08 Å². The lowest BCUT2D eigenvalue weighted by molar-refractivity contribution is -0.929.